The first kappa shape index (κ1) is 14.4. The third-order valence-corrected chi connectivity index (χ3v) is 3.11. The molecule has 0 spiro atoms. The van der Waals surface area contributed by atoms with Gasteiger partial charge in [-0.25, -0.2) is 4.79 Å². The van der Waals surface area contributed by atoms with Gasteiger partial charge in [-0.05, 0) is 12.1 Å². The van der Waals surface area contributed by atoms with Gasteiger partial charge in [-0.1, -0.05) is 29.3 Å². The molecule has 6 nitrogen and oxygen atoms in total. The number of carboxylic acid groups (broad SMARTS) is 1. The molecule has 8 heteroatoms. The van der Waals surface area contributed by atoms with E-state index in [1.807, 2.05) is 0 Å². The molecule has 1 aromatic carbocycles. The number of nitrogens with zero attached hydrogens (tertiary/aromatic N) is 2. The molecule has 0 aliphatic heterocycles. The van der Waals surface area contributed by atoms with Gasteiger partial charge in [0, 0.05) is 13.2 Å². The molecule has 0 bridgehead atoms. The van der Waals surface area contributed by atoms with E-state index in [1.54, 1.807) is 18.2 Å². The Bertz CT molecular complexity index is 677. The summed E-state index contributed by atoms with van der Waals surface area (Å²) in [5, 5.41) is 15.8. The van der Waals surface area contributed by atoms with Crippen LogP contribution in [0.3, 0.4) is 0 Å². The summed E-state index contributed by atoms with van der Waals surface area (Å²) >= 11 is 11.9. The second-order valence-electron chi connectivity index (χ2n) is 3.92. The summed E-state index contributed by atoms with van der Waals surface area (Å²) in [6.45, 7) is 0. The Hall–Kier alpha value is -2.05. The van der Waals surface area contributed by atoms with E-state index in [1.165, 1.54) is 17.9 Å². The van der Waals surface area contributed by atoms with Gasteiger partial charge in [-0.15, -0.1) is 0 Å². The summed E-state index contributed by atoms with van der Waals surface area (Å²) in [4.78, 5) is 23.1. The van der Waals surface area contributed by atoms with E-state index in [2.05, 4.69) is 10.4 Å². The van der Waals surface area contributed by atoms with E-state index in [9.17, 15) is 9.59 Å². The van der Waals surface area contributed by atoms with Gasteiger partial charge in [0.25, 0.3) is 5.91 Å². The molecule has 2 aromatic rings. The van der Waals surface area contributed by atoms with Crippen LogP contribution in [0.1, 0.15) is 20.8 Å². The Kier molecular flexibility index (Phi) is 3.96. The van der Waals surface area contributed by atoms with Crippen molar-refractivity contribution in [3.8, 4) is 0 Å². The van der Waals surface area contributed by atoms with E-state index in [0.717, 1.165) is 0 Å². The number of carbonyl (C=O) groups excluding carboxylic acids is 1. The van der Waals surface area contributed by atoms with Gasteiger partial charge in [0.2, 0.25) is 0 Å². The van der Waals surface area contributed by atoms with Gasteiger partial charge in [0.1, 0.15) is 5.56 Å². The van der Waals surface area contributed by atoms with Crippen LogP contribution in [0.25, 0.3) is 0 Å². The highest BCUT2D eigenvalue weighted by Crippen LogP contribution is 2.30. The number of rotatable bonds is 3. The van der Waals surface area contributed by atoms with E-state index in [-0.39, 0.29) is 27.0 Å². The van der Waals surface area contributed by atoms with Crippen molar-refractivity contribution in [3.05, 3.63) is 45.7 Å². The van der Waals surface area contributed by atoms with Crippen LogP contribution in [-0.4, -0.2) is 26.8 Å². The molecule has 0 aliphatic rings. The number of aryl methyl sites for hydroxylation is 1. The molecule has 0 unspecified atom stereocenters. The Morgan fingerprint density at radius 1 is 1.30 bits per heavy atom. The normalized spacial score (nSPS) is 10.3. The molecule has 2 rings (SSSR count). The lowest BCUT2D eigenvalue weighted by Crippen LogP contribution is -2.16. The van der Waals surface area contributed by atoms with Gasteiger partial charge in [0.15, 0.2) is 5.69 Å². The van der Waals surface area contributed by atoms with Gasteiger partial charge >= 0.3 is 5.97 Å². The van der Waals surface area contributed by atoms with Crippen molar-refractivity contribution in [2.75, 3.05) is 5.32 Å². The summed E-state index contributed by atoms with van der Waals surface area (Å²) in [5.74, 6) is -1.94. The number of anilines is 1. The standard InChI is InChI=1S/C12H9Cl2N3O3/c1-17-5-6(12(19)20)9(16-17)11(18)15-10-7(13)3-2-4-8(10)14/h2-5H,1H3,(H,15,18)(H,19,20). The van der Waals surface area contributed by atoms with Crippen molar-refractivity contribution < 1.29 is 14.7 Å². The first-order valence-electron chi connectivity index (χ1n) is 5.42. The molecule has 104 valence electrons. The van der Waals surface area contributed by atoms with Crippen LogP contribution in [-0.2, 0) is 7.05 Å². The van der Waals surface area contributed by atoms with Crippen LogP contribution in [0.4, 0.5) is 5.69 Å². The largest absolute Gasteiger partial charge is 0.478 e. The van der Waals surface area contributed by atoms with E-state index < -0.39 is 11.9 Å². The molecule has 0 atom stereocenters. The zero-order chi connectivity index (χ0) is 14.9. The number of amides is 1. The fourth-order valence-corrected chi connectivity index (χ4v) is 2.09. The highest BCUT2D eigenvalue weighted by molar-refractivity contribution is 6.40. The SMILES string of the molecule is Cn1cc(C(=O)O)c(C(=O)Nc2c(Cl)cccc2Cl)n1. The Morgan fingerprint density at radius 3 is 2.45 bits per heavy atom. The molecular weight excluding hydrogens is 305 g/mol. The molecule has 0 aliphatic carbocycles. The maximum Gasteiger partial charge on any atom is 0.339 e. The molecule has 2 N–H and O–H groups in total. The second kappa shape index (κ2) is 5.52. The van der Waals surface area contributed by atoms with Crippen LogP contribution in [0.15, 0.2) is 24.4 Å². The average molecular weight is 314 g/mol. The topological polar surface area (TPSA) is 84.2 Å². The van der Waals surface area contributed by atoms with Crippen LogP contribution in [0, 0.1) is 0 Å². The van der Waals surface area contributed by atoms with Gasteiger partial charge in [-0.2, -0.15) is 5.10 Å². The second-order valence-corrected chi connectivity index (χ2v) is 4.74. The van der Waals surface area contributed by atoms with E-state index in [0.29, 0.717) is 0 Å². The summed E-state index contributed by atoms with van der Waals surface area (Å²) < 4.78 is 1.24. The molecule has 0 saturated heterocycles. The minimum Gasteiger partial charge on any atom is -0.478 e. The highest BCUT2D eigenvalue weighted by atomic mass is 35.5. The Morgan fingerprint density at radius 2 is 1.90 bits per heavy atom. The number of hydrogen-bond donors (Lipinski definition) is 2. The van der Waals surface area contributed by atoms with Crippen LogP contribution in [0.5, 0.6) is 0 Å². The fraction of sp³-hybridized carbons (Fsp3) is 0.0833. The van der Waals surface area contributed by atoms with Crippen molar-refractivity contribution in [2.45, 2.75) is 0 Å². The molecular formula is C12H9Cl2N3O3. The number of nitrogens with one attached hydrogen (secondary N) is 1. The summed E-state index contributed by atoms with van der Waals surface area (Å²) in [6.07, 6.45) is 1.24. The molecule has 1 aromatic heterocycles. The zero-order valence-electron chi connectivity index (χ0n) is 10.2. The molecule has 1 amide bonds. The quantitative estimate of drug-likeness (QED) is 0.912. The van der Waals surface area contributed by atoms with Gasteiger partial charge in [0.05, 0.1) is 15.7 Å². The minimum atomic E-state index is -1.24. The Balaban J connectivity index is 2.36. The monoisotopic (exact) mass is 313 g/mol. The summed E-state index contributed by atoms with van der Waals surface area (Å²) in [7, 11) is 1.52. The first-order valence-corrected chi connectivity index (χ1v) is 6.18. The van der Waals surface area contributed by atoms with Crippen LogP contribution >= 0.6 is 23.2 Å². The average Bonchev–Trinajstić information content (AvgIpc) is 2.76. The summed E-state index contributed by atoms with van der Waals surface area (Å²) in [5.41, 5.74) is -0.202. The molecule has 0 saturated carbocycles. The molecule has 0 radical (unpaired) electrons. The molecule has 0 fully saturated rings. The first-order chi connectivity index (χ1) is 9.40. The number of hydrogen-bond acceptors (Lipinski definition) is 3. The van der Waals surface area contributed by atoms with E-state index >= 15 is 0 Å². The predicted molar refractivity (Wildman–Crippen MR) is 74.6 cm³/mol. The highest BCUT2D eigenvalue weighted by Gasteiger charge is 2.22. The fourth-order valence-electron chi connectivity index (χ4n) is 1.60. The van der Waals surface area contributed by atoms with Crippen molar-refractivity contribution in [2.24, 2.45) is 7.05 Å². The van der Waals surface area contributed by atoms with Crippen molar-refractivity contribution in [3.63, 3.8) is 0 Å². The van der Waals surface area contributed by atoms with Crippen LogP contribution in [0.2, 0.25) is 10.0 Å². The number of carboxylic acids is 1. The van der Waals surface area contributed by atoms with E-state index in [4.69, 9.17) is 28.3 Å². The lowest BCUT2D eigenvalue weighted by Gasteiger charge is -2.08. The Labute approximate surface area is 123 Å². The number of carbonyl (C=O) groups is 2. The number of halogens is 2. The summed E-state index contributed by atoms with van der Waals surface area (Å²) in [6, 6.07) is 4.74. The van der Waals surface area contributed by atoms with Crippen molar-refractivity contribution in [1.82, 2.24) is 9.78 Å². The van der Waals surface area contributed by atoms with Gasteiger partial charge < -0.3 is 10.4 Å². The third-order valence-electron chi connectivity index (χ3n) is 2.48. The van der Waals surface area contributed by atoms with Crippen molar-refractivity contribution >= 4 is 40.8 Å². The third kappa shape index (κ3) is 2.76. The number of benzene rings is 1. The lowest BCUT2D eigenvalue weighted by molar-refractivity contribution is 0.0692. The van der Waals surface area contributed by atoms with Gasteiger partial charge in [-0.3, -0.25) is 9.48 Å². The molecule has 1 heterocycles. The predicted octanol–water partition coefficient (Wildman–Crippen LogP) is 2.68. The number of aromatic nitrogens is 2. The number of aromatic carboxylic acids is 1. The van der Waals surface area contributed by atoms with Crippen molar-refractivity contribution in [1.29, 1.82) is 0 Å². The smallest absolute Gasteiger partial charge is 0.339 e. The maximum absolute atomic E-state index is 12.1. The van der Waals surface area contributed by atoms with Crippen LogP contribution < -0.4 is 5.32 Å². The molecule has 20 heavy (non-hydrogen) atoms. The lowest BCUT2D eigenvalue weighted by atomic mass is 10.2. The maximum atomic E-state index is 12.1. The zero-order valence-corrected chi connectivity index (χ0v) is 11.7. The number of para-hydroxylation sites is 1. The minimum absolute atomic E-state index is 0.201.